The molecule has 3 heteroatoms. The fourth-order valence-electron chi connectivity index (χ4n) is 1.04. The normalized spacial score (nSPS) is 12.2. The first-order valence-electron chi connectivity index (χ1n) is 4.34. The van der Waals surface area contributed by atoms with E-state index in [1.807, 2.05) is 19.2 Å². The van der Waals surface area contributed by atoms with Crippen LogP contribution in [0.25, 0.3) is 0 Å². The van der Waals surface area contributed by atoms with Crippen molar-refractivity contribution >= 4 is 18.2 Å². The summed E-state index contributed by atoms with van der Waals surface area (Å²) in [4.78, 5) is 11.3. The molecule has 3 nitrogen and oxygen atoms in total. The van der Waals surface area contributed by atoms with E-state index in [0.29, 0.717) is 5.92 Å². The number of aliphatic imine (C=N–C) groups is 2. The largest absolute Gasteiger partial charge is 0.363 e. The third-order valence-electron chi connectivity index (χ3n) is 1.84. The van der Waals surface area contributed by atoms with Crippen molar-refractivity contribution in [1.82, 2.24) is 4.98 Å². The quantitative estimate of drug-likeness (QED) is 0.533. The Balaban J connectivity index is 2.98. The topological polar surface area (TPSA) is 40.5 Å². The number of aromatic nitrogens is 1. The SMILES string of the molecule is C=N/C(=N\c1cc[nH]c1C)C(C)C. The predicted molar refractivity (Wildman–Crippen MR) is 57.0 cm³/mol. The number of H-pyrrole nitrogens is 1. The Morgan fingerprint density at radius 1 is 1.54 bits per heavy atom. The first-order chi connectivity index (χ1) is 6.15. The molecule has 0 bridgehead atoms. The molecule has 0 amide bonds. The first-order valence-corrected chi connectivity index (χ1v) is 4.34. The molecule has 13 heavy (non-hydrogen) atoms. The van der Waals surface area contributed by atoms with Crippen LogP contribution in [0.1, 0.15) is 19.5 Å². The van der Waals surface area contributed by atoms with E-state index in [9.17, 15) is 0 Å². The third kappa shape index (κ3) is 2.28. The first kappa shape index (κ1) is 9.71. The van der Waals surface area contributed by atoms with E-state index in [0.717, 1.165) is 17.2 Å². The Hall–Kier alpha value is -1.38. The second-order valence-electron chi connectivity index (χ2n) is 3.27. The van der Waals surface area contributed by atoms with Crippen LogP contribution in [-0.2, 0) is 0 Å². The van der Waals surface area contributed by atoms with E-state index in [-0.39, 0.29) is 0 Å². The number of rotatable bonds is 2. The Morgan fingerprint density at radius 2 is 2.23 bits per heavy atom. The summed E-state index contributed by atoms with van der Waals surface area (Å²) in [5.41, 5.74) is 2.00. The van der Waals surface area contributed by atoms with Gasteiger partial charge in [-0.25, -0.2) is 9.98 Å². The minimum absolute atomic E-state index is 0.312. The molecule has 0 aliphatic carbocycles. The van der Waals surface area contributed by atoms with Crippen LogP contribution in [-0.4, -0.2) is 17.5 Å². The van der Waals surface area contributed by atoms with Crippen LogP contribution in [0.5, 0.6) is 0 Å². The van der Waals surface area contributed by atoms with Crippen LogP contribution in [0, 0.1) is 12.8 Å². The zero-order chi connectivity index (χ0) is 9.84. The van der Waals surface area contributed by atoms with Gasteiger partial charge < -0.3 is 4.98 Å². The second-order valence-corrected chi connectivity index (χ2v) is 3.27. The molecule has 1 N–H and O–H groups in total. The molecule has 0 atom stereocenters. The zero-order valence-corrected chi connectivity index (χ0v) is 8.33. The van der Waals surface area contributed by atoms with E-state index < -0.39 is 0 Å². The van der Waals surface area contributed by atoms with Crippen LogP contribution in [0.15, 0.2) is 22.2 Å². The molecule has 0 aromatic carbocycles. The van der Waals surface area contributed by atoms with E-state index >= 15 is 0 Å². The number of nitrogens with one attached hydrogen (secondary N) is 1. The van der Waals surface area contributed by atoms with Crippen LogP contribution in [0.2, 0.25) is 0 Å². The van der Waals surface area contributed by atoms with Crippen molar-refractivity contribution in [2.45, 2.75) is 20.8 Å². The highest BCUT2D eigenvalue weighted by Crippen LogP contribution is 2.17. The minimum atomic E-state index is 0.312. The van der Waals surface area contributed by atoms with E-state index in [4.69, 9.17) is 0 Å². The molecule has 0 aliphatic heterocycles. The van der Waals surface area contributed by atoms with Gasteiger partial charge in [-0.15, -0.1) is 0 Å². The van der Waals surface area contributed by atoms with Gasteiger partial charge in [0.05, 0.1) is 5.69 Å². The maximum atomic E-state index is 4.39. The Kier molecular flexibility index (Phi) is 3.01. The average molecular weight is 177 g/mol. The number of amidine groups is 1. The van der Waals surface area contributed by atoms with Gasteiger partial charge in [0.2, 0.25) is 0 Å². The van der Waals surface area contributed by atoms with E-state index in [2.05, 4.69) is 35.5 Å². The van der Waals surface area contributed by atoms with Crippen molar-refractivity contribution in [3.8, 4) is 0 Å². The Bertz CT molecular complexity index is 321. The fourth-order valence-corrected chi connectivity index (χ4v) is 1.04. The molecule has 70 valence electrons. The molecule has 0 spiro atoms. The average Bonchev–Trinajstić information content (AvgIpc) is 2.46. The van der Waals surface area contributed by atoms with Gasteiger partial charge in [0.15, 0.2) is 0 Å². The summed E-state index contributed by atoms with van der Waals surface area (Å²) in [6.45, 7) is 9.59. The van der Waals surface area contributed by atoms with Crippen molar-refractivity contribution in [2.75, 3.05) is 0 Å². The number of aromatic amines is 1. The molecular weight excluding hydrogens is 162 g/mol. The highest BCUT2D eigenvalue weighted by Gasteiger charge is 2.03. The monoisotopic (exact) mass is 177 g/mol. The number of hydrogen-bond acceptors (Lipinski definition) is 1. The van der Waals surface area contributed by atoms with Crippen LogP contribution in [0.4, 0.5) is 5.69 Å². The molecular formula is C10H15N3. The highest BCUT2D eigenvalue weighted by atomic mass is 14.9. The van der Waals surface area contributed by atoms with Gasteiger partial charge in [0.1, 0.15) is 5.84 Å². The fraction of sp³-hybridized carbons (Fsp3) is 0.400. The van der Waals surface area contributed by atoms with Crippen LogP contribution < -0.4 is 0 Å². The summed E-state index contributed by atoms with van der Waals surface area (Å²) < 4.78 is 0. The molecule has 0 fully saturated rings. The van der Waals surface area contributed by atoms with E-state index in [1.165, 1.54) is 0 Å². The smallest absolute Gasteiger partial charge is 0.130 e. The highest BCUT2D eigenvalue weighted by molar-refractivity contribution is 5.90. The van der Waals surface area contributed by atoms with Crippen LogP contribution in [0.3, 0.4) is 0 Å². The molecule has 0 saturated heterocycles. The predicted octanol–water partition coefficient (Wildman–Crippen LogP) is 2.71. The molecule has 0 saturated carbocycles. The van der Waals surface area contributed by atoms with Crippen molar-refractivity contribution in [2.24, 2.45) is 15.9 Å². The standard InChI is InChI=1S/C10H15N3/c1-7(2)10(11-4)13-9-5-6-12-8(9)3/h5-7,12H,4H2,1-3H3/b13-10-. The van der Waals surface area contributed by atoms with Gasteiger partial charge in [-0.2, -0.15) is 0 Å². The molecule has 0 unspecified atom stereocenters. The maximum absolute atomic E-state index is 4.39. The number of aryl methyl sites for hydroxylation is 1. The summed E-state index contributed by atoms with van der Waals surface area (Å²) in [7, 11) is 0. The number of hydrogen-bond donors (Lipinski definition) is 1. The Labute approximate surface area is 78.6 Å². The van der Waals surface area contributed by atoms with Gasteiger partial charge in [-0.3, -0.25) is 0 Å². The zero-order valence-electron chi connectivity index (χ0n) is 8.33. The van der Waals surface area contributed by atoms with Gasteiger partial charge in [0.25, 0.3) is 0 Å². The molecule has 1 rings (SSSR count). The second kappa shape index (κ2) is 4.03. The number of nitrogens with zero attached hydrogens (tertiary/aromatic N) is 2. The van der Waals surface area contributed by atoms with Crippen molar-refractivity contribution in [3.05, 3.63) is 18.0 Å². The summed E-state index contributed by atoms with van der Waals surface area (Å²) >= 11 is 0. The van der Waals surface area contributed by atoms with Crippen LogP contribution >= 0.6 is 0 Å². The summed E-state index contributed by atoms with van der Waals surface area (Å²) in [6.07, 6.45) is 1.87. The molecule has 1 heterocycles. The molecule has 1 aromatic heterocycles. The molecule has 0 aliphatic rings. The van der Waals surface area contributed by atoms with Crippen molar-refractivity contribution < 1.29 is 0 Å². The maximum Gasteiger partial charge on any atom is 0.130 e. The Morgan fingerprint density at radius 3 is 2.62 bits per heavy atom. The van der Waals surface area contributed by atoms with Crippen molar-refractivity contribution in [3.63, 3.8) is 0 Å². The van der Waals surface area contributed by atoms with Gasteiger partial charge >= 0.3 is 0 Å². The minimum Gasteiger partial charge on any atom is -0.363 e. The van der Waals surface area contributed by atoms with Gasteiger partial charge in [0, 0.05) is 17.8 Å². The lowest BCUT2D eigenvalue weighted by molar-refractivity contribution is 0.874. The summed E-state index contributed by atoms with van der Waals surface area (Å²) in [5, 5.41) is 0. The molecule has 1 aromatic rings. The lowest BCUT2D eigenvalue weighted by Crippen LogP contribution is -2.02. The van der Waals surface area contributed by atoms with Gasteiger partial charge in [-0.05, 0) is 19.7 Å². The summed E-state index contributed by atoms with van der Waals surface area (Å²) in [5.74, 6) is 1.09. The lowest BCUT2D eigenvalue weighted by atomic mass is 10.2. The summed E-state index contributed by atoms with van der Waals surface area (Å²) in [6, 6.07) is 1.93. The van der Waals surface area contributed by atoms with Crippen molar-refractivity contribution in [1.29, 1.82) is 0 Å². The van der Waals surface area contributed by atoms with E-state index in [1.54, 1.807) is 0 Å². The van der Waals surface area contributed by atoms with Gasteiger partial charge in [-0.1, -0.05) is 13.8 Å². The molecule has 0 radical (unpaired) electrons. The lowest BCUT2D eigenvalue weighted by Gasteiger charge is -2.02. The third-order valence-corrected chi connectivity index (χ3v) is 1.84.